The molecule has 17 heavy (non-hydrogen) atoms. The lowest BCUT2D eigenvalue weighted by atomic mass is 10.2. The van der Waals surface area contributed by atoms with E-state index in [4.69, 9.17) is 5.14 Å². The largest absolute Gasteiger partial charge is 0.277 e. The molecule has 1 aliphatic rings. The molecule has 4 nitrogen and oxygen atoms in total. The van der Waals surface area contributed by atoms with E-state index in [1.807, 2.05) is 0 Å². The Morgan fingerprint density at radius 1 is 1.35 bits per heavy atom. The smallest absolute Gasteiger partial charge is 0.216 e. The predicted molar refractivity (Wildman–Crippen MR) is 58.0 cm³/mol. The zero-order valence-corrected chi connectivity index (χ0v) is 9.75. The van der Waals surface area contributed by atoms with Crippen LogP contribution >= 0.6 is 0 Å². The second kappa shape index (κ2) is 4.32. The lowest BCUT2D eigenvalue weighted by Gasteiger charge is -2.19. The summed E-state index contributed by atoms with van der Waals surface area (Å²) in [4.78, 5) is 0. The molecule has 1 aromatic rings. The Bertz CT molecular complexity index is 529. The Morgan fingerprint density at radius 3 is 2.47 bits per heavy atom. The van der Waals surface area contributed by atoms with Gasteiger partial charge in [0.05, 0.1) is 0 Å². The minimum absolute atomic E-state index is 0.118. The third-order valence-electron chi connectivity index (χ3n) is 2.62. The fraction of sp³-hybridized carbons (Fsp3) is 0.400. The standard InChI is InChI=1S/C10H12F2N2O2S/c11-8-2-1-7(10(12)5-8)6-14(9-3-4-9)17(13,15)16/h1-2,5,9H,3-4,6H2,(H2,13,15,16). The van der Waals surface area contributed by atoms with Crippen LogP contribution in [0.25, 0.3) is 0 Å². The Morgan fingerprint density at radius 2 is 2.00 bits per heavy atom. The van der Waals surface area contributed by atoms with Crippen molar-refractivity contribution in [1.82, 2.24) is 4.31 Å². The average molecular weight is 262 g/mol. The Balaban J connectivity index is 2.23. The fourth-order valence-corrected chi connectivity index (χ4v) is 2.55. The van der Waals surface area contributed by atoms with E-state index in [1.165, 1.54) is 6.07 Å². The highest BCUT2D eigenvalue weighted by atomic mass is 32.2. The predicted octanol–water partition coefficient (Wildman–Crippen LogP) is 1.13. The van der Waals surface area contributed by atoms with Crippen LogP contribution in [0.2, 0.25) is 0 Å². The molecule has 0 aliphatic heterocycles. The highest BCUT2D eigenvalue weighted by molar-refractivity contribution is 7.86. The van der Waals surface area contributed by atoms with Crippen molar-refractivity contribution in [2.45, 2.75) is 25.4 Å². The van der Waals surface area contributed by atoms with Gasteiger partial charge in [0, 0.05) is 24.2 Å². The first-order valence-electron chi connectivity index (χ1n) is 5.11. The minimum Gasteiger partial charge on any atom is -0.216 e. The van der Waals surface area contributed by atoms with Gasteiger partial charge in [-0.2, -0.15) is 12.7 Å². The van der Waals surface area contributed by atoms with Gasteiger partial charge in [-0.05, 0) is 18.9 Å². The number of nitrogens with zero attached hydrogens (tertiary/aromatic N) is 1. The summed E-state index contributed by atoms with van der Waals surface area (Å²) in [7, 11) is -3.85. The van der Waals surface area contributed by atoms with Crippen LogP contribution in [0.3, 0.4) is 0 Å². The maximum absolute atomic E-state index is 13.4. The van der Waals surface area contributed by atoms with E-state index in [1.54, 1.807) is 0 Å². The molecule has 0 aromatic heterocycles. The molecule has 0 amide bonds. The van der Waals surface area contributed by atoms with E-state index >= 15 is 0 Å². The molecule has 1 aliphatic carbocycles. The van der Waals surface area contributed by atoms with Crippen molar-refractivity contribution >= 4 is 10.2 Å². The van der Waals surface area contributed by atoms with Crippen molar-refractivity contribution in [3.05, 3.63) is 35.4 Å². The van der Waals surface area contributed by atoms with Gasteiger partial charge in [-0.3, -0.25) is 0 Å². The number of benzene rings is 1. The first-order valence-corrected chi connectivity index (χ1v) is 6.62. The SMILES string of the molecule is NS(=O)(=O)N(Cc1ccc(F)cc1F)C1CC1. The molecule has 2 rings (SSSR count). The van der Waals surface area contributed by atoms with Gasteiger partial charge in [0.2, 0.25) is 0 Å². The lowest BCUT2D eigenvalue weighted by Crippen LogP contribution is -2.38. The molecule has 0 spiro atoms. The third kappa shape index (κ3) is 2.99. The van der Waals surface area contributed by atoms with Crippen molar-refractivity contribution in [2.24, 2.45) is 5.14 Å². The van der Waals surface area contributed by atoms with E-state index in [-0.39, 0.29) is 18.2 Å². The van der Waals surface area contributed by atoms with E-state index in [0.717, 1.165) is 29.3 Å². The monoisotopic (exact) mass is 262 g/mol. The van der Waals surface area contributed by atoms with Gasteiger partial charge >= 0.3 is 0 Å². The van der Waals surface area contributed by atoms with Crippen LogP contribution in [0.5, 0.6) is 0 Å². The molecule has 0 heterocycles. The normalized spacial score (nSPS) is 16.5. The van der Waals surface area contributed by atoms with Gasteiger partial charge in [0.25, 0.3) is 10.2 Å². The van der Waals surface area contributed by atoms with E-state index in [0.29, 0.717) is 0 Å². The summed E-state index contributed by atoms with van der Waals surface area (Å²) in [6.45, 7) is -0.157. The zero-order valence-electron chi connectivity index (χ0n) is 8.94. The van der Waals surface area contributed by atoms with Gasteiger partial charge in [-0.1, -0.05) is 6.07 Å². The Labute approximate surface area is 98.2 Å². The van der Waals surface area contributed by atoms with E-state index in [2.05, 4.69) is 0 Å². The maximum atomic E-state index is 13.4. The lowest BCUT2D eigenvalue weighted by molar-refractivity contribution is 0.391. The molecule has 0 saturated heterocycles. The van der Waals surface area contributed by atoms with Crippen molar-refractivity contribution in [2.75, 3.05) is 0 Å². The molecule has 94 valence electrons. The number of hydrogen-bond acceptors (Lipinski definition) is 2. The molecule has 1 aromatic carbocycles. The summed E-state index contributed by atoms with van der Waals surface area (Å²) in [5.41, 5.74) is 0.118. The molecule has 7 heteroatoms. The molecule has 0 unspecified atom stereocenters. The first-order chi connectivity index (χ1) is 7.88. The summed E-state index contributed by atoms with van der Waals surface area (Å²) in [6.07, 6.45) is 1.44. The van der Waals surface area contributed by atoms with Crippen molar-refractivity contribution in [1.29, 1.82) is 0 Å². The van der Waals surface area contributed by atoms with Crippen LogP contribution in [-0.2, 0) is 16.8 Å². The molecule has 0 radical (unpaired) electrons. The Kier molecular flexibility index (Phi) is 3.15. The summed E-state index contributed by atoms with van der Waals surface area (Å²) >= 11 is 0. The zero-order chi connectivity index (χ0) is 12.6. The Hall–Kier alpha value is -1.05. The molecule has 1 fully saturated rings. The minimum atomic E-state index is -3.85. The molecule has 2 N–H and O–H groups in total. The molecular weight excluding hydrogens is 250 g/mol. The summed E-state index contributed by atoms with van der Waals surface area (Å²) < 4.78 is 49.7. The van der Waals surface area contributed by atoms with E-state index in [9.17, 15) is 17.2 Å². The second-order valence-electron chi connectivity index (χ2n) is 4.06. The van der Waals surface area contributed by atoms with Crippen LogP contribution in [0.1, 0.15) is 18.4 Å². The van der Waals surface area contributed by atoms with Gasteiger partial charge in [-0.25, -0.2) is 13.9 Å². The third-order valence-corrected chi connectivity index (χ3v) is 3.70. The molecule has 0 atom stereocenters. The van der Waals surface area contributed by atoms with Crippen molar-refractivity contribution in [3.8, 4) is 0 Å². The highest BCUT2D eigenvalue weighted by Crippen LogP contribution is 2.30. The summed E-state index contributed by atoms with van der Waals surface area (Å²) in [5.74, 6) is -1.46. The maximum Gasteiger partial charge on any atom is 0.277 e. The van der Waals surface area contributed by atoms with Crippen LogP contribution in [0, 0.1) is 11.6 Å². The topological polar surface area (TPSA) is 63.4 Å². The average Bonchev–Trinajstić information content (AvgIpc) is 2.98. The van der Waals surface area contributed by atoms with Crippen molar-refractivity contribution < 1.29 is 17.2 Å². The number of rotatable bonds is 4. The van der Waals surface area contributed by atoms with Crippen molar-refractivity contribution in [3.63, 3.8) is 0 Å². The number of nitrogens with two attached hydrogens (primary N) is 1. The van der Waals surface area contributed by atoms with Crippen LogP contribution < -0.4 is 5.14 Å². The van der Waals surface area contributed by atoms with Crippen LogP contribution in [0.4, 0.5) is 8.78 Å². The molecule has 0 bridgehead atoms. The van der Waals surface area contributed by atoms with Crippen LogP contribution in [0.15, 0.2) is 18.2 Å². The molecular formula is C10H12F2N2O2S. The second-order valence-corrected chi connectivity index (χ2v) is 5.56. The number of halogens is 2. The van der Waals surface area contributed by atoms with Gasteiger partial charge in [-0.15, -0.1) is 0 Å². The highest BCUT2D eigenvalue weighted by Gasteiger charge is 2.35. The first kappa shape index (κ1) is 12.4. The van der Waals surface area contributed by atoms with E-state index < -0.39 is 21.8 Å². The molecule has 1 saturated carbocycles. The fourth-order valence-electron chi connectivity index (χ4n) is 1.61. The quantitative estimate of drug-likeness (QED) is 0.884. The van der Waals surface area contributed by atoms with Crippen LogP contribution in [-0.4, -0.2) is 18.8 Å². The van der Waals surface area contributed by atoms with Gasteiger partial charge in [0.1, 0.15) is 11.6 Å². The van der Waals surface area contributed by atoms with Gasteiger partial charge in [0.15, 0.2) is 0 Å². The summed E-state index contributed by atoms with van der Waals surface area (Å²) in [6, 6.07) is 2.89. The number of hydrogen-bond donors (Lipinski definition) is 1. The van der Waals surface area contributed by atoms with Gasteiger partial charge < -0.3 is 0 Å². The summed E-state index contributed by atoms with van der Waals surface area (Å²) in [5, 5.41) is 5.05.